The summed E-state index contributed by atoms with van der Waals surface area (Å²) in [6.07, 6.45) is 8.31. The third-order valence-electron chi connectivity index (χ3n) is 5.74. The smallest absolute Gasteiger partial charge is 0.387 e. The zero-order chi connectivity index (χ0) is 23.9. The highest BCUT2D eigenvalue weighted by Crippen LogP contribution is 2.39. The molecule has 4 rings (SSSR count). The Kier molecular flexibility index (Phi) is 7.38. The number of aromatic nitrogens is 2. The van der Waals surface area contributed by atoms with Crippen molar-refractivity contribution in [1.82, 2.24) is 9.97 Å². The van der Waals surface area contributed by atoms with Gasteiger partial charge in [0.2, 0.25) is 0 Å². The third kappa shape index (κ3) is 5.52. The number of rotatable bonds is 8. The number of anilines is 2. The van der Waals surface area contributed by atoms with Gasteiger partial charge in [0.1, 0.15) is 34.7 Å². The van der Waals surface area contributed by atoms with Gasteiger partial charge in [-0.15, -0.1) is 0 Å². The van der Waals surface area contributed by atoms with Gasteiger partial charge in [-0.25, -0.2) is 4.98 Å². The Balaban J connectivity index is 1.52. The van der Waals surface area contributed by atoms with Crippen LogP contribution in [0.5, 0.6) is 17.2 Å². The molecule has 0 N–H and O–H groups in total. The summed E-state index contributed by atoms with van der Waals surface area (Å²) >= 11 is 0. The maximum atomic E-state index is 12.6. The lowest BCUT2D eigenvalue weighted by molar-refractivity contribution is -0.0498. The standard InChI is InChI=1S/C25H24F2N4O3/c1-32-24-12-13-29-16-23(24)31(19-5-10-21(11-6-19)34-25(26)27)18-3-8-20(9-4-18)33-22-7-2-17(14-28)30-15-22/h2,5-7,10-13,15-16,18,20,25H,3-4,8-9H2,1H3. The van der Waals surface area contributed by atoms with Crippen molar-refractivity contribution < 1.29 is 23.0 Å². The van der Waals surface area contributed by atoms with E-state index in [2.05, 4.69) is 19.6 Å². The van der Waals surface area contributed by atoms with Crippen molar-refractivity contribution in [3.8, 4) is 23.3 Å². The van der Waals surface area contributed by atoms with Crippen LogP contribution < -0.4 is 19.1 Å². The molecule has 0 spiro atoms. The van der Waals surface area contributed by atoms with Crippen molar-refractivity contribution in [1.29, 1.82) is 5.26 Å². The zero-order valence-electron chi connectivity index (χ0n) is 18.6. The molecule has 0 bridgehead atoms. The van der Waals surface area contributed by atoms with Crippen LogP contribution in [-0.4, -0.2) is 35.8 Å². The minimum absolute atomic E-state index is 0.0328. The molecule has 176 valence electrons. The summed E-state index contributed by atoms with van der Waals surface area (Å²) in [5.41, 5.74) is 1.98. The van der Waals surface area contributed by atoms with Crippen molar-refractivity contribution in [2.45, 2.75) is 44.4 Å². The predicted molar refractivity (Wildman–Crippen MR) is 122 cm³/mol. The van der Waals surface area contributed by atoms with E-state index >= 15 is 0 Å². The van der Waals surface area contributed by atoms with Gasteiger partial charge in [-0.05, 0) is 62.1 Å². The maximum absolute atomic E-state index is 12.6. The number of ether oxygens (including phenoxy) is 3. The Bertz CT molecular complexity index is 1110. The van der Waals surface area contributed by atoms with E-state index in [0.717, 1.165) is 37.1 Å². The number of benzene rings is 1. The lowest BCUT2D eigenvalue weighted by Gasteiger charge is -2.38. The van der Waals surface area contributed by atoms with Crippen LogP contribution in [0.4, 0.5) is 20.2 Å². The van der Waals surface area contributed by atoms with E-state index in [1.54, 1.807) is 56.0 Å². The van der Waals surface area contributed by atoms with Gasteiger partial charge in [-0.1, -0.05) is 0 Å². The second kappa shape index (κ2) is 10.8. The molecule has 1 saturated carbocycles. The molecule has 0 radical (unpaired) electrons. The fourth-order valence-corrected chi connectivity index (χ4v) is 4.19. The van der Waals surface area contributed by atoms with Crippen LogP contribution in [0.1, 0.15) is 31.4 Å². The SMILES string of the molecule is COc1ccncc1N(c1ccc(OC(F)F)cc1)C1CCC(Oc2ccc(C#N)nc2)CC1. The lowest BCUT2D eigenvalue weighted by Crippen LogP contribution is -2.37. The summed E-state index contributed by atoms with van der Waals surface area (Å²) in [5.74, 6) is 1.41. The summed E-state index contributed by atoms with van der Waals surface area (Å²) < 4.78 is 41.3. The Labute approximate surface area is 196 Å². The van der Waals surface area contributed by atoms with Crippen molar-refractivity contribution in [2.24, 2.45) is 0 Å². The summed E-state index contributed by atoms with van der Waals surface area (Å²) in [7, 11) is 1.60. The predicted octanol–water partition coefficient (Wildman–Crippen LogP) is 5.49. The third-order valence-corrected chi connectivity index (χ3v) is 5.74. The van der Waals surface area contributed by atoms with Crippen LogP contribution in [0.25, 0.3) is 0 Å². The summed E-state index contributed by atoms with van der Waals surface area (Å²) in [5, 5.41) is 8.90. The highest BCUT2D eigenvalue weighted by molar-refractivity contribution is 5.69. The lowest BCUT2D eigenvalue weighted by atomic mass is 9.91. The molecule has 34 heavy (non-hydrogen) atoms. The molecule has 1 aliphatic rings. The number of alkyl halides is 2. The average molecular weight is 466 g/mol. The molecule has 0 unspecified atom stereocenters. The van der Waals surface area contributed by atoms with Crippen LogP contribution in [0.2, 0.25) is 0 Å². The Hall–Kier alpha value is -3.93. The fourth-order valence-electron chi connectivity index (χ4n) is 4.19. The van der Waals surface area contributed by atoms with Gasteiger partial charge >= 0.3 is 6.61 Å². The summed E-state index contributed by atoms with van der Waals surface area (Å²) in [6, 6.07) is 13.9. The van der Waals surface area contributed by atoms with Gasteiger partial charge < -0.3 is 19.1 Å². The highest BCUT2D eigenvalue weighted by atomic mass is 19.3. The highest BCUT2D eigenvalue weighted by Gasteiger charge is 2.30. The largest absolute Gasteiger partial charge is 0.494 e. The van der Waals surface area contributed by atoms with Gasteiger partial charge in [0.15, 0.2) is 0 Å². The van der Waals surface area contributed by atoms with Crippen molar-refractivity contribution in [3.63, 3.8) is 0 Å². The van der Waals surface area contributed by atoms with Gasteiger partial charge in [0.05, 0.1) is 25.6 Å². The molecule has 0 amide bonds. The minimum atomic E-state index is -2.87. The van der Waals surface area contributed by atoms with E-state index in [1.807, 2.05) is 6.07 Å². The first-order valence-corrected chi connectivity index (χ1v) is 10.9. The average Bonchev–Trinajstić information content (AvgIpc) is 2.87. The molecule has 2 aromatic heterocycles. The van der Waals surface area contributed by atoms with Gasteiger partial charge in [0, 0.05) is 24.0 Å². The van der Waals surface area contributed by atoms with E-state index in [4.69, 9.17) is 14.7 Å². The van der Waals surface area contributed by atoms with E-state index in [1.165, 1.54) is 12.1 Å². The van der Waals surface area contributed by atoms with Gasteiger partial charge in [-0.3, -0.25) is 4.98 Å². The number of hydrogen-bond donors (Lipinski definition) is 0. The van der Waals surface area contributed by atoms with Crippen LogP contribution >= 0.6 is 0 Å². The molecule has 1 aliphatic carbocycles. The van der Waals surface area contributed by atoms with Crippen LogP contribution in [0.3, 0.4) is 0 Å². The molecule has 7 nitrogen and oxygen atoms in total. The fraction of sp³-hybridized carbons (Fsp3) is 0.320. The van der Waals surface area contributed by atoms with Crippen LogP contribution in [0.15, 0.2) is 61.1 Å². The van der Waals surface area contributed by atoms with E-state index in [0.29, 0.717) is 17.2 Å². The number of halogens is 2. The molecule has 0 saturated heterocycles. The van der Waals surface area contributed by atoms with Crippen molar-refractivity contribution in [3.05, 3.63) is 66.7 Å². The Morgan fingerprint density at radius 2 is 1.74 bits per heavy atom. The van der Waals surface area contributed by atoms with Crippen LogP contribution in [-0.2, 0) is 0 Å². The van der Waals surface area contributed by atoms with Crippen molar-refractivity contribution >= 4 is 11.4 Å². The number of pyridine rings is 2. The number of nitrogens with zero attached hydrogens (tertiary/aromatic N) is 4. The molecular formula is C25H24F2N4O3. The first-order chi connectivity index (χ1) is 16.6. The second-order valence-electron chi connectivity index (χ2n) is 7.83. The molecule has 0 aliphatic heterocycles. The Morgan fingerprint density at radius 3 is 2.35 bits per heavy atom. The Morgan fingerprint density at radius 1 is 1.00 bits per heavy atom. The van der Waals surface area contributed by atoms with E-state index in [-0.39, 0.29) is 17.9 Å². The molecule has 1 aromatic carbocycles. The van der Waals surface area contributed by atoms with E-state index < -0.39 is 6.61 Å². The molecule has 2 heterocycles. The quantitative estimate of drug-likeness (QED) is 0.434. The van der Waals surface area contributed by atoms with E-state index in [9.17, 15) is 8.78 Å². The summed E-state index contributed by atoms with van der Waals surface area (Å²) in [6.45, 7) is -2.87. The maximum Gasteiger partial charge on any atom is 0.387 e. The first-order valence-electron chi connectivity index (χ1n) is 10.9. The first kappa shape index (κ1) is 23.2. The summed E-state index contributed by atoms with van der Waals surface area (Å²) in [4.78, 5) is 10.5. The van der Waals surface area contributed by atoms with Crippen molar-refractivity contribution in [2.75, 3.05) is 12.0 Å². The number of nitriles is 1. The molecule has 9 heteroatoms. The minimum Gasteiger partial charge on any atom is -0.494 e. The number of hydrogen-bond acceptors (Lipinski definition) is 7. The molecule has 1 fully saturated rings. The van der Waals surface area contributed by atoms with Crippen LogP contribution in [0, 0.1) is 11.3 Å². The van der Waals surface area contributed by atoms with Gasteiger partial charge in [0.25, 0.3) is 0 Å². The topological polar surface area (TPSA) is 80.5 Å². The molecule has 0 atom stereocenters. The zero-order valence-corrected chi connectivity index (χ0v) is 18.6. The molecule has 3 aromatic rings. The van der Waals surface area contributed by atoms with Gasteiger partial charge in [-0.2, -0.15) is 14.0 Å². The monoisotopic (exact) mass is 466 g/mol. The number of methoxy groups -OCH3 is 1. The normalized spacial score (nSPS) is 17.6. The second-order valence-corrected chi connectivity index (χ2v) is 7.83. The molecular weight excluding hydrogens is 442 g/mol.